The van der Waals surface area contributed by atoms with E-state index in [1.807, 2.05) is 24.3 Å². The van der Waals surface area contributed by atoms with E-state index in [4.69, 9.17) is 8.84 Å². The second-order valence-corrected chi connectivity index (χ2v) is 15.8. The van der Waals surface area contributed by atoms with E-state index >= 15 is 0 Å². The molecule has 2 heterocycles. The van der Waals surface area contributed by atoms with Gasteiger partial charge in [-0.05, 0) is 73.7 Å². The van der Waals surface area contributed by atoms with Gasteiger partial charge in [-0.15, -0.1) is 0 Å². The molecule has 0 atom stereocenters. The summed E-state index contributed by atoms with van der Waals surface area (Å²) in [4.78, 5) is 17.8. The van der Waals surface area contributed by atoms with Gasteiger partial charge in [-0.1, -0.05) is 32.9 Å². The topological polar surface area (TPSA) is 45.9 Å². The largest absolute Gasteiger partial charge is 0.543 e. The van der Waals surface area contributed by atoms with E-state index in [1.165, 1.54) is 5.56 Å². The average molecular weight is 467 g/mol. The van der Waals surface area contributed by atoms with Gasteiger partial charge in [0.05, 0.1) is 5.39 Å². The lowest BCUT2D eigenvalue weighted by Crippen LogP contribution is -2.44. The maximum absolute atomic E-state index is 12.8. The molecule has 0 bridgehead atoms. The van der Waals surface area contributed by atoms with Gasteiger partial charge in [-0.25, -0.2) is 4.79 Å². The van der Waals surface area contributed by atoms with Gasteiger partial charge in [-0.3, -0.25) is 0 Å². The molecule has 4 rings (SSSR count). The van der Waals surface area contributed by atoms with Crippen LogP contribution in [0.5, 0.6) is 5.75 Å². The molecule has 0 spiro atoms. The molecule has 0 N–H and O–H groups in total. The van der Waals surface area contributed by atoms with Crippen molar-refractivity contribution in [2.24, 2.45) is 0 Å². The van der Waals surface area contributed by atoms with Gasteiger partial charge in [-0.2, -0.15) is 0 Å². The summed E-state index contributed by atoms with van der Waals surface area (Å²) in [7, 11) is 0.222. The van der Waals surface area contributed by atoms with Gasteiger partial charge in [0.15, 0.2) is 0 Å². The van der Waals surface area contributed by atoms with Crippen molar-refractivity contribution < 1.29 is 8.84 Å². The van der Waals surface area contributed by atoms with Crippen molar-refractivity contribution in [1.29, 1.82) is 0 Å². The molecule has 1 fully saturated rings. The maximum atomic E-state index is 12.8. The highest BCUT2D eigenvalue weighted by Gasteiger charge is 2.39. The zero-order valence-corrected chi connectivity index (χ0v) is 22.0. The minimum Gasteiger partial charge on any atom is -0.543 e. The molecule has 1 aromatic heterocycles. The molecule has 178 valence electrons. The Morgan fingerprint density at radius 2 is 1.67 bits per heavy atom. The van der Waals surface area contributed by atoms with Crippen molar-refractivity contribution in [2.45, 2.75) is 51.7 Å². The molecule has 0 amide bonds. The molecule has 1 aliphatic rings. The van der Waals surface area contributed by atoms with Gasteiger partial charge in [0, 0.05) is 37.6 Å². The van der Waals surface area contributed by atoms with Crippen molar-refractivity contribution in [1.82, 2.24) is 9.80 Å². The number of fused-ring (bicyclic) bond motifs is 3. The van der Waals surface area contributed by atoms with Crippen molar-refractivity contribution in [3.63, 3.8) is 0 Å². The molecule has 1 saturated heterocycles. The summed E-state index contributed by atoms with van der Waals surface area (Å²) < 4.78 is 12.2. The molecule has 0 aliphatic carbocycles. The van der Waals surface area contributed by atoms with E-state index < -0.39 is 8.32 Å². The van der Waals surface area contributed by atoms with Gasteiger partial charge in [0.1, 0.15) is 11.3 Å². The Hall–Kier alpha value is -2.15. The Balaban J connectivity index is 1.53. The van der Waals surface area contributed by atoms with Gasteiger partial charge in [0.2, 0.25) is 8.32 Å². The first-order chi connectivity index (χ1) is 15.5. The monoisotopic (exact) mass is 466 g/mol. The fourth-order valence-electron chi connectivity index (χ4n) is 4.20. The predicted octanol–water partition coefficient (Wildman–Crippen LogP) is 5.51. The summed E-state index contributed by atoms with van der Waals surface area (Å²) in [5.74, 6) is 0.775. The van der Waals surface area contributed by atoms with E-state index in [1.54, 1.807) is 0 Å². The van der Waals surface area contributed by atoms with Crippen LogP contribution in [0.15, 0.2) is 45.6 Å². The van der Waals surface area contributed by atoms with Crippen LogP contribution in [0.3, 0.4) is 0 Å². The number of piperazine rings is 1. The van der Waals surface area contributed by atoms with Crippen molar-refractivity contribution >= 4 is 30.1 Å². The van der Waals surface area contributed by atoms with Crippen LogP contribution in [-0.2, 0) is 6.42 Å². The average Bonchev–Trinajstić information content (AvgIpc) is 2.74. The van der Waals surface area contributed by atoms with E-state index in [-0.39, 0.29) is 10.7 Å². The Morgan fingerprint density at radius 1 is 0.970 bits per heavy atom. The second kappa shape index (κ2) is 9.24. The standard InChI is InChI=1S/C27H38N2O3Si/c1-27(2,3)33(5,6)32-21-10-12-23-22-11-9-20(18-24(22)26(30)31-25(23)19-21)8-7-13-29-16-14-28(4)15-17-29/h9-12,18-19H,7-8,13-17H2,1-6H3. The first-order valence-electron chi connectivity index (χ1n) is 12.1. The first kappa shape index (κ1) is 24.0. The fourth-order valence-corrected chi connectivity index (χ4v) is 5.23. The van der Waals surface area contributed by atoms with E-state index in [9.17, 15) is 4.79 Å². The van der Waals surface area contributed by atoms with E-state index in [0.29, 0.717) is 11.0 Å². The van der Waals surface area contributed by atoms with Crippen LogP contribution in [0.2, 0.25) is 18.1 Å². The summed E-state index contributed by atoms with van der Waals surface area (Å²) in [5, 5.41) is 2.67. The minimum atomic E-state index is -1.96. The molecule has 33 heavy (non-hydrogen) atoms. The molecule has 0 unspecified atom stereocenters. The SMILES string of the molecule is CN1CCN(CCCc2ccc3c(c2)c(=O)oc2cc(O[Si](C)(C)C(C)(C)C)ccc23)CC1. The lowest BCUT2D eigenvalue weighted by atomic mass is 10.0. The molecule has 5 nitrogen and oxygen atoms in total. The van der Waals surface area contributed by atoms with E-state index in [0.717, 1.165) is 62.1 Å². The maximum Gasteiger partial charge on any atom is 0.344 e. The zero-order chi connectivity index (χ0) is 23.8. The Morgan fingerprint density at radius 3 is 2.36 bits per heavy atom. The summed E-state index contributed by atoms with van der Waals surface area (Å²) in [5.41, 5.74) is 1.51. The quantitative estimate of drug-likeness (QED) is 0.272. The molecule has 0 radical (unpaired) electrons. The number of hydrogen-bond acceptors (Lipinski definition) is 5. The molecule has 6 heteroatoms. The predicted molar refractivity (Wildman–Crippen MR) is 140 cm³/mol. The molecule has 3 aromatic rings. The Bertz CT molecular complexity index is 1190. The highest BCUT2D eigenvalue weighted by Crippen LogP contribution is 2.38. The number of aryl methyl sites for hydroxylation is 1. The summed E-state index contributed by atoms with van der Waals surface area (Å²) in [6, 6.07) is 12.2. The Labute approximate surface area is 198 Å². The lowest BCUT2D eigenvalue weighted by Gasteiger charge is -2.36. The van der Waals surface area contributed by atoms with Crippen molar-refractivity contribution in [3.05, 3.63) is 52.4 Å². The normalized spacial score (nSPS) is 16.5. The van der Waals surface area contributed by atoms with Crippen LogP contribution in [0.1, 0.15) is 32.8 Å². The highest BCUT2D eigenvalue weighted by atomic mass is 28.4. The smallest absolute Gasteiger partial charge is 0.344 e. The summed E-state index contributed by atoms with van der Waals surface area (Å²) in [6.07, 6.45) is 2.07. The highest BCUT2D eigenvalue weighted by molar-refractivity contribution is 6.74. The van der Waals surface area contributed by atoms with Crippen LogP contribution in [0, 0.1) is 0 Å². The Kier molecular flexibility index (Phi) is 6.72. The third-order valence-electron chi connectivity index (χ3n) is 7.46. The lowest BCUT2D eigenvalue weighted by molar-refractivity contribution is 0.153. The number of hydrogen-bond donors (Lipinski definition) is 0. The molecule has 0 saturated carbocycles. The van der Waals surface area contributed by atoms with Crippen molar-refractivity contribution in [2.75, 3.05) is 39.8 Å². The minimum absolute atomic E-state index is 0.104. The molecule has 1 aliphatic heterocycles. The van der Waals surface area contributed by atoms with Crippen LogP contribution in [0.4, 0.5) is 0 Å². The van der Waals surface area contributed by atoms with Crippen LogP contribution in [-0.4, -0.2) is 57.9 Å². The molecular formula is C27H38N2O3Si. The number of nitrogens with zero attached hydrogens (tertiary/aromatic N) is 2. The van der Waals surface area contributed by atoms with Crippen LogP contribution in [0.25, 0.3) is 21.7 Å². The van der Waals surface area contributed by atoms with E-state index in [2.05, 4.69) is 62.8 Å². The second-order valence-electron chi connectivity index (χ2n) is 11.0. The van der Waals surface area contributed by atoms with Crippen LogP contribution < -0.4 is 10.1 Å². The number of rotatable bonds is 6. The van der Waals surface area contributed by atoms with Gasteiger partial charge in [0.25, 0.3) is 0 Å². The molecule has 2 aromatic carbocycles. The third kappa shape index (κ3) is 5.34. The van der Waals surface area contributed by atoms with Gasteiger partial charge < -0.3 is 18.6 Å². The third-order valence-corrected chi connectivity index (χ3v) is 11.8. The number of benzene rings is 2. The first-order valence-corrected chi connectivity index (χ1v) is 15.0. The van der Waals surface area contributed by atoms with Gasteiger partial charge >= 0.3 is 5.63 Å². The fraction of sp³-hybridized carbons (Fsp3) is 0.519. The molecular weight excluding hydrogens is 428 g/mol. The summed E-state index contributed by atoms with van der Waals surface area (Å²) in [6.45, 7) is 16.8. The van der Waals surface area contributed by atoms with Crippen molar-refractivity contribution in [3.8, 4) is 5.75 Å². The number of likely N-dealkylation sites (N-methyl/N-ethyl adjacent to an activating group) is 1. The summed E-state index contributed by atoms with van der Waals surface area (Å²) >= 11 is 0. The zero-order valence-electron chi connectivity index (χ0n) is 21.0. The van der Waals surface area contributed by atoms with Crippen LogP contribution >= 0.6 is 0 Å².